The summed E-state index contributed by atoms with van der Waals surface area (Å²) in [5.41, 5.74) is 2.80. The van der Waals surface area contributed by atoms with Crippen LogP contribution in [0.3, 0.4) is 0 Å². The second-order valence-electron chi connectivity index (χ2n) is 5.56. The van der Waals surface area contributed by atoms with E-state index in [2.05, 4.69) is 26.5 Å². The van der Waals surface area contributed by atoms with Gasteiger partial charge in [0.2, 0.25) is 5.76 Å². The summed E-state index contributed by atoms with van der Waals surface area (Å²) in [4.78, 5) is 24.0. The van der Waals surface area contributed by atoms with Gasteiger partial charge in [-0.1, -0.05) is 39.7 Å². The van der Waals surface area contributed by atoms with Crippen LogP contribution >= 0.6 is 27.5 Å². The summed E-state index contributed by atoms with van der Waals surface area (Å²) in [6.45, 7) is -0.264. The summed E-state index contributed by atoms with van der Waals surface area (Å²) in [6.07, 6.45) is 2.73. The van der Waals surface area contributed by atoms with Crippen LogP contribution in [0.4, 0.5) is 0 Å². The zero-order chi connectivity index (χ0) is 20.6. The van der Waals surface area contributed by atoms with Crippen molar-refractivity contribution in [2.75, 3.05) is 6.61 Å². The Balaban J connectivity index is 1.60. The Bertz CT molecular complexity index is 1040. The number of carbonyl (C=O) groups excluding carboxylic acids is 2. The number of ether oxygens (including phenoxy) is 2. The number of esters is 1. The van der Waals surface area contributed by atoms with Gasteiger partial charge >= 0.3 is 5.97 Å². The first kappa shape index (κ1) is 20.6. The van der Waals surface area contributed by atoms with Crippen molar-refractivity contribution >= 4 is 45.6 Å². The average molecular weight is 478 g/mol. The number of furan rings is 1. The number of hydrogen-bond acceptors (Lipinski definition) is 6. The molecular weight excluding hydrogens is 464 g/mol. The number of halogens is 2. The van der Waals surface area contributed by atoms with Crippen molar-refractivity contribution in [3.8, 4) is 11.5 Å². The standard InChI is InChI=1S/C20H14BrClN2O5/c21-14-7-8-16(29-20(26)18-6-3-9-27-18)13(10-14)11-23-24-19(25)12-28-17-5-2-1-4-15(17)22/h1-11H,12H2,(H,24,25)/b23-11+. The van der Waals surface area contributed by atoms with Crippen molar-refractivity contribution in [3.05, 3.63) is 81.7 Å². The Morgan fingerprint density at radius 3 is 2.72 bits per heavy atom. The van der Waals surface area contributed by atoms with E-state index in [0.717, 1.165) is 4.47 Å². The molecule has 0 bridgehead atoms. The minimum Gasteiger partial charge on any atom is -0.482 e. The molecule has 0 unspecified atom stereocenters. The summed E-state index contributed by atoms with van der Waals surface area (Å²) < 4.78 is 16.4. The van der Waals surface area contributed by atoms with Crippen LogP contribution in [-0.4, -0.2) is 24.7 Å². The van der Waals surface area contributed by atoms with Crippen LogP contribution in [-0.2, 0) is 4.79 Å². The Hall–Kier alpha value is -3.10. The number of nitrogens with one attached hydrogen (secondary N) is 1. The van der Waals surface area contributed by atoms with E-state index >= 15 is 0 Å². The van der Waals surface area contributed by atoms with Gasteiger partial charge in [-0.15, -0.1) is 0 Å². The molecule has 0 aliphatic heterocycles. The molecule has 29 heavy (non-hydrogen) atoms. The number of rotatable bonds is 7. The second-order valence-corrected chi connectivity index (χ2v) is 6.88. The van der Waals surface area contributed by atoms with Crippen molar-refractivity contribution < 1.29 is 23.5 Å². The smallest absolute Gasteiger partial charge is 0.379 e. The third-order valence-corrected chi connectivity index (χ3v) is 4.29. The second kappa shape index (κ2) is 9.90. The van der Waals surface area contributed by atoms with Crippen LogP contribution in [0.1, 0.15) is 16.1 Å². The number of hydrazone groups is 1. The quantitative estimate of drug-likeness (QED) is 0.235. The molecular formula is C20H14BrClN2O5. The lowest BCUT2D eigenvalue weighted by atomic mass is 10.2. The highest BCUT2D eigenvalue weighted by molar-refractivity contribution is 9.10. The van der Waals surface area contributed by atoms with Gasteiger partial charge in [0.25, 0.3) is 5.91 Å². The number of nitrogens with zero attached hydrogens (tertiary/aromatic N) is 1. The van der Waals surface area contributed by atoms with Crippen LogP contribution < -0.4 is 14.9 Å². The summed E-state index contributed by atoms with van der Waals surface area (Å²) in [6, 6.07) is 14.9. The molecule has 1 aromatic heterocycles. The number of hydrogen-bond donors (Lipinski definition) is 1. The summed E-state index contributed by atoms with van der Waals surface area (Å²) in [5.74, 6) is -0.414. The molecule has 0 saturated carbocycles. The molecule has 0 saturated heterocycles. The molecule has 0 aliphatic carbocycles. The van der Waals surface area contributed by atoms with Crippen LogP contribution in [0, 0.1) is 0 Å². The van der Waals surface area contributed by atoms with Crippen LogP contribution in [0.5, 0.6) is 11.5 Å². The first-order valence-corrected chi connectivity index (χ1v) is 9.44. The molecule has 0 radical (unpaired) electrons. The molecule has 0 fully saturated rings. The lowest BCUT2D eigenvalue weighted by Gasteiger charge is -2.07. The topological polar surface area (TPSA) is 90.1 Å². The lowest BCUT2D eigenvalue weighted by molar-refractivity contribution is -0.123. The average Bonchev–Trinajstić information content (AvgIpc) is 3.24. The van der Waals surface area contributed by atoms with Crippen molar-refractivity contribution in [1.29, 1.82) is 0 Å². The van der Waals surface area contributed by atoms with Crippen LogP contribution in [0.2, 0.25) is 5.02 Å². The number of amides is 1. The first-order valence-electron chi connectivity index (χ1n) is 8.27. The van der Waals surface area contributed by atoms with E-state index < -0.39 is 11.9 Å². The Kier molecular flexibility index (Phi) is 7.04. The van der Waals surface area contributed by atoms with Gasteiger partial charge in [-0.25, -0.2) is 10.2 Å². The molecule has 148 valence electrons. The highest BCUT2D eigenvalue weighted by Gasteiger charge is 2.14. The maximum Gasteiger partial charge on any atom is 0.379 e. The minimum atomic E-state index is -0.649. The number of benzene rings is 2. The number of carbonyl (C=O) groups is 2. The zero-order valence-corrected chi connectivity index (χ0v) is 17.1. The van der Waals surface area contributed by atoms with Gasteiger partial charge in [-0.2, -0.15) is 5.10 Å². The summed E-state index contributed by atoms with van der Waals surface area (Å²) >= 11 is 9.30. The van der Waals surface area contributed by atoms with Gasteiger partial charge in [0.1, 0.15) is 11.5 Å². The van der Waals surface area contributed by atoms with Crippen molar-refractivity contribution in [2.45, 2.75) is 0 Å². The normalized spacial score (nSPS) is 10.7. The van der Waals surface area contributed by atoms with Crippen molar-refractivity contribution in [1.82, 2.24) is 5.43 Å². The predicted molar refractivity (Wildman–Crippen MR) is 110 cm³/mol. The van der Waals surface area contributed by atoms with E-state index in [0.29, 0.717) is 16.3 Å². The van der Waals surface area contributed by atoms with E-state index in [1.807, 2.05) is 0 Å². The third-order valence-electron chi connectivity index (χ3n) is 3.49. The molecule has 2 aromatic carbocycles. The lowest BCUT2D eigenvalue weighted by Crippen LogP contribution is -2.24. The molecule has 9 heteroatoms. The molecule has 1 N–H and O–H groups in total. The highest BCUT2D eigenvalue weighted by Crippen LogP contribution is 2.24. The largest absolute Gasteiger partial charge is 0.482 e. The Labute approximate surface area is 179 Å². The van der Waals surface area contributed by atoms with Gasteiger partial charge in [0, 0.05) is 10.0 Å². The molecule has 0 spiro atoms. The summed E-state index contributed by atoms with van der Waals surface area (Å²) in [5, 5.41) is 4.28. The first-order chi connectivity index (χ1) is 14.0. The monoisotopic (exact) mass is 476 g/mol. The SMILES string of the molecule is O=C(COc1ccccc1Cl)N/N=C/c1cc(Br)ccc1OC(=O)c1ccco1. The maximum absolute atomic E-state index is 12.1. The molecule has 7 nitrogen and oxygen atoms in total. The molecule has 1 heterocycles. The van der Waals surface area contributed by atoms with Crippen LogP contribution in [0.15, 0.2) is 74.9 Å². The fraction of sp³-hybridized carbons (Fsp3) is 0.0500. The molecule has 0 aliphatic rings. The van der Waals surface area contributed by atoms with Gasteiger partial charge in [-0.3, -0.25) is 4.79 Å². The molecule has 3 aromatic rings. The molecule has 0 atom stereocenters. The van der Waals surface area contributed by atoms with E-state index in [1.54, 1.807) is 48.5 Å². The highest BCUT2D eigenvalue weighted by atomic mass is 79.9. The zero-order valence-electron chi connectivity index (χ0n) is 14.8. The fourth-order valence-corrected chi connectivity index (χ4v) is 2.74. The molecule has 3 rings (SSSR count). The Morgan fingerprint density at radius 1 is 1.14 bits per heavy atom. The third kappa shape index (κ3) is 5.94. The van der Waals surface area contributed by atoms with Crippen LogP contribution in [0.25, 0.3) is 0 Å². The number of para-hydroxylation sites is 1. The van der Waals surface area contributed by atoms with E-state index in [-0.39, 0.29) is 18.1 Å². The minimum absolute atomic E-state index is 0.0702. The van der Waals surface area contributed by atoms with Gasteiger partial charge in [0.05, 0.1) is 17.5 Å². The van der Waals surface area contributed by atoms with Gasteiger partial charge < -0.3 is 13.9 Å². The van der Waals surface area contributed by atoms with Crippen molar-refractivity contribution in [2.24, 2.45) is 5.10 Å². The van der Waals surface area contributed by atoms with Crippen molar-refractivity contribution in [3.63, 3.8) is 0 Å². The fourth-order valence-electron chi connectivity index (χ4n) is 2.17. The Morgan fingerprint density at radius 2 is 1.97 bits per heavy atom. The maximum atomic E-state index is 12.1. The van der Waals surface area contributed by atoms with E-state index in [4.69, 9.17) is 25.5 Å². The summed E-state index contributed by atoms with van der Waals surface area (Å²) in [7, 11) is 0. The van der Waals surface area contributed by atoms with Gasteiger partial charge in [-0.05, 0) is 42.5 Å². The van der Waals surface area contributed by atoms with E-state index in [9.17, 15) is 9.59 Å². The van der Waals surface area contributed by atoms with Gasteiger partial charge in [0.15, 0.2) is 6.61 Å². The van der Waals surface area contributed by atoms with E-state index in [1.165, 1.54) is 18.5 Å². The molecule has 1 amide bonds. The predicted octanol–water partition coefficient (Wildman–Crippen LogP) is 4.44.